The highest BCUT2D eigenvalue weighted by molar-refractivity contribution is 7.91. The summed E-state index contributed by atoms with van der Waals surface area (Å²) in [6, 6.07) is 9.96. The second-order valence-corrected chi connectivity index (χ2v) is 11.5. The minimum absolute atomic E-state index is 0.0447. The molecule has 1 aromatic heterocycles. The summed E-state index contributed by atoms with van der Waals surface area (Å²) in [6.45, 7) is 4.23. The molecule has 1 unspecified atom stereocenters. The van der Waals surface area contributed by atoms with Gasteiger partial charge in [-0.15, -0.1) is 11.3 Å². The summed E-state index contributed by atoms with van der Waals surface area (Å²) in [5, 5.41) is 0. The van der Waals surface area contributed by atoms with E-state index in [9.17, 15) is 16.8 Å². The Morgan fingerprint density at radius 2 is 1.65 bits per heavy atom. The Labute approximate surface area is 160 Å². The molecule has 26 heavy (non-hydrogen) atoms. The minimum Gasteiger partial charge on any atom is -0.207 e. The third-order valence-electron chi connectivity index (χ3n) is 4.18. The van der Waals surface area contributed by atoms with Gasteiger partial charge in [-0.1, -0.05) is 26.0 Å². The lowest BCUT2D eigenvalue weighted by Gasteiger charge is -2.10. The van der Waals surface area contributed by atoms with Crippen LogP contribution in [0.25, 0.3) is 0 Å². The normalized spacial score (nSPS) is 13.9. The molecule has 0 radical (unpaired) electrons. The first-order chi connectivity index (χ1) is 12.1. The monoisotopic (exact) mass is 416 g/mol. The standard InChI is InChI=1S/C17H24N2O4S3/c1-5-13(2)14-6-9-16(10-7-14)25(20,21)18-12-15-8-11-17(24-15)26(22,23)19(3)4/h6-11,13,18H,5,12H2,1-4H3. The molecule has 0 spiro atoms. The summed E-state index contributed by atoms with van der Waals surface area (Å²) in [5.41, 5.74) is 1.10. The first kappa shape index (κ1) is 21.0. The van der Waals surface area contributed by atoms with Crippen LogP contribution in [-0.2, 0) is 26.6 Å². The summed E-state index contributed by atoms with van der Waals surface area (Å²) in [6.07, 6.45) is 0.987. The molecule has 6 nitrogen and oxygen atoms in total. The summed E-state index contributed by atoms with van der Waals surface area (Å²) >= 11 is 1.06. The summed E-state index contributed by atoms with van der Waals surface area (Å²) in [7, 11) is -4.24. The number of rotatable bonds is 8. The van der Waals surface area contributed by atoms with Crippen LogP contribution in [0.1, 0.15) is 36.6 Å². The van der Waals surface area contributed by atoms with Crippen LogP contribution in [0.3, 0.4) is 0 Å². The molecule has 144 valence electrons. The number of nitrogens with one attached hydrogen (secondary N) is 1. The van der Waals surface area contributed by atoms with Gasteiger partial charge in [-0.25, -0.2) is 25.9 Å². The first-order valence-electron chi connectivity index (χ1n) is 8.18. The van der Waals surface area contributed by atoms with Crippen molar-refractivity contribution in [2.24, 2.45) is 0 Å². The maximum atomic E-state index is 12.4. The quantitative estimate of drug-likeness (QED) is 0.717. The van der Waals surface area contributed by atoms with Crippen LogP contribution in [0.5, 0.6) is 0 Å². The first-order valence-corrected chi connectivity index (χ1v) is 11.9. The van der Waals surface area contributed by atoms with Crippen LogP contribution in [0, 0.1) is 0 Å². The molecule has 0 aliphatic rings. The average molecular weight is 417 g/mol. The topological polar surface area (TPSA) is 83.5 Å². The zero-order chi connectivity index (χ0) is 19.5. The molecule has 0 saturated heterocycles. The van der Waals surface area contributed by atoms with Crippen LogP contribution < -0.4 is 4.72 Å². The Morgan fingerprint density at radius 3 is 2.19 bits per heavy atom. The van der Waals surface area contributed by atoms with Crippen LogP contribution in [0.2, 0.25) is 0 Å². The molecule has 0 fully saturated rings. The lowest BCUT2D eigenvalue weighted by atomic mass is 9.99. The summed E-state index contributed by atoms with van der Waals surface area (Å²) < 4.78 is 52.9. The zero-order valence-electron chi connectivity index (χ0n) is 15.3. The fraction of sp³-hybridized carbons (Fsp3) is 0.412. The van der Waals surface area contributed by atoms with Crippen molar-refractivity contribution in [1.29, 1.82) is 0 Å². The molecule has 1 atom stereocenters. The molecule has 2 rings (SSSR count). The van der Waals surface area contributed by atoms with E-state index < -0.39 is 20.0 Å². The molecule has 9 heteroatoms. The van der Waals surface area contributed by atoms with Gasteiger partial charge in [-0.05, 0) is 42.2 Å². The maximum Gasteiger partial charge on any atom is 0.252 e. The second-order valence-electron chi connectivity index (χ2n) is 6.21. The number of thiophene rings is 1. The van der Waals surface area contributed by atoms with Gasteiger partial charge in [0.25, 0.3) is 10.0 Å². The van der Waals surface area contributed by atoms with E-state index in [-0.39, 0.29) is 15.6 Å². The van der Waals surface area contributed by atoms with Crippen molar-refractivity contribution in [1.82, 2.24) is 9.03 Å². The van der Waals surface area contributed by atoms with Gasteiger partial charge in [0, 0.05) is 25.5 Å². The van der Waals surface area contributed by atoms with Gasteiger partial charge in [0.2, 0.25) is 10.0 Å². The highest BCUT2D eigenvalue weighted by Crippen LogP contribution is 2.24. The molecular weight excluding hydrogens is 392 g/mol. The van der Waals surface area contributed by atoms with Crippen molar-refractivity contribution >= 4 is 31.4 Å². The molecule has 1 N–H and O–H groups in total. The van der Waals surface area contributed by atoms with Gasteiger partial charge in [0.05, 0.1) is 4.90 Å². The molecule has 0 aliphatic carbocycles. The summed E-state index contributed by atoms with van der Waals surface area (Å²) in [5.74, 6) is 0.378. The van der Waals surface area contributed by atoms with Crippen molar-refractivity contribution < 1.29 is 16.8 Å². The van der Waals surface area contributed by atoms with Crippen LogP contribution in [0.15, 0.2) is 45.5 Å². The molecule has 0 amide bonds. The van der Waals surface area contributed by atoms with E-state index in [0.29, 0.717) is 10.8 Å². The van der Waals surface area contributed by atoms with Gasteiger partial charge in [0.1, 0.15) is 4.21 Å². The molecular formula is C17H24N2O4S3. The highest BCUT2D eigenvalue weighted by atomic mass is 32.2. The molecule has 1 heterocycles. The van der Waals surface area contributed by atoms with Crippen molar-refractivity contribution in [2.75, 3.05) is 14.1 Å². The fourth-order valence-electron chi connectivity index (χ4n) is 2.23. The Kier molecular flexibility index (Phi) is 6.62. The lowest BCUT2D eigenvalue weighted by molar-refractivity contribution is 0.523. The van der Waals surface area contributed by atoms with Crippen LogP contribution in [-0.4, -0.2) is 35.2 Å². The largest absolute Gasteiger partial charge is 0.252 e. The van der Waals surface area contributed by atoms with Gasteiger partial charge >= 0.3 is 0 Å². The van der Waals surface area contributed by atoms with Gasteiger partial charge < -0.3 is 0 Å². The molecule has 0 bridgehead atoms. The van der Waals surface area contributed by atoms with E-state index in [1.54, 1.807) is 18.2 Å². The van der Waals surface area contributed by atoms with E-state index in [1.165, 1.54) is 20.2 Å². The minimum atomic E-state index is -3.65. The zero-order valence-corrected chi connectivity index (χ0v) is 17.7. The maximum absolute atomic E-state index is 12.4. The smallest absolute Gasteiger partial charge is 0.207 e. The predicted molar refractivity (Wildman–Crippen MR) is 104 cm³/mol. The fourth-order valence-corrected chi connectivity index (χ4v) is 5.79. The lowest BCUT2D eigenvalue weighted by Crippen LogP contribution is -2.23. The van der Waals surface area contributed by atoms with Crippen molar-refractivity contribution in [3.05, 3.63) is 46.8 Å². The average Bonchev–Trinajstić information content (AvgIpc) is 3.09. The Balaban J connectivity index is 2.10. The second kappa shape index (κ2) is 8.18. The van der Waals surface area contributed by atoms with Crippen LogP contribution >= 0.6 is 11.3 Å². The van der Waals surface area contributed by atoms with E-state index >= 15 is 0 Å². The van der Waals surface area contributed by atoms with Gasteiger partial charge in [-0.3, -0.25) is 0 Å². The van der Waals surface area contributed by atoms with E-state index in [2.05, 4.69) is 18.6 Å². The Bertz CT molecular complexity index is 946. The number of hydrogen-bond donors (Lipinski definition) is 1. The third-order valence-corrected chi connectivity index (χ3v) is 8.97. The van der Waals surface area contributed by atoms with Gasteiger partial charge in [-0.2, -0.15) is 0 Å². The highest BCUT2D eigenvalue weighted by Gasteiger charge is 2.20. The molecule has 1 aromatic carbocycles. The van der Waals surface area contributed by atoms with Gasteiger partial charge in [0.15, 0.2) is 0 Å². The number of benzene rings is 1. The number of sulfonamides is 2. The SMILES string of the molecule is CCC(C)c1ccc(S(=O)(=O)NCc2ccc(S(=O)(=O)N(C)C)s2)cc1. The van der Waals surface area contributed by atoms with Crippen molar-refractivity contribution in [3.63, 3.8) is 0 Å². The molecule has 0 saturated carbocycles. The molecule has 2 aromatic rings. The third kappa shape index (κ3) is 4.72. The summed E-state index contributed by atoms with van der Waals surface area (Å²) in [4.78, 5) is 0.826. The predicted octanol–water partition coefficient (Wildman–Crippen LogP) is 2.99. The Hall–Kier alpha value is -1.26. The van der Waals surface area contributed by atoms with E-state index in [1.807, 2.05) is 12.1 Å². The van der Waals surface area contributed by atoms with Crippen molar-refractivity contribution in [2.45, 2.75) is 41.8 Å². The van der Waals surface area contributed by atoms with E-state index in [0.717, 1.165) is 27.6 Å². The van der Waals surface area contributed by atoms with Crippen LogP contribution in [0.4, 0.5) is 0 Å². The van der Waals surface area contributed by atoms with E-state index in [4.69, 9.17) is 0 Å². The van der Waals surface area contributed by atoms with Crippen molar-refractivity contribution in [3.8, 4) is 0 Å². The molecule has 0 aliphatic heterocycles. The Morgan fingerprint density at radius 1 is 1.04 bits per heavy atom. The number of hydrogen-bond acceptors (Lipinski definition) is 5. The number of nitrogens with zero attached hydrogens (tertiary/aromatic N) is 1.